The number of carbonyl (C=O) groups is 3. The summed E-state index contributed by atoms with van der Waals surface area (Å²) in [6, 6.07) is 12.0. The van der Waals surface area contributed by atoms with Crippen LogP contribution in [0.3, 0.4) is 0 Å². The normalized spacial score (nSPS) is 29.2. The number of carbonyl (C=O) groups excluding carboxylic acids is 3. The molecule has 0 spiro atoms. The number of rotatable bonds is 4. The minimum Gasteiger partial charge on any atom is -0.493 e. The van der Waals surface area contributed by atoms with Crippen LogP contribution in [-0.4, -0.2) is 24.6 Å². The molecule has 5 aliphatic carbocycles. The van der Waals surface area contributed by atoms with Gasteiger partial charge in [-0.25, -0.2) is 0 Å². The first kappa shape index (κ1) is 20.4. The second-order valence-corrected chi connectivity index (χ2v) is 10.3. The van der Waals surface area contributed by atoms with Crippen molar-refractivity contribution < 1.29 is 23.9 Å². The van der Waals surface area contributed by atoms with Crippen LogP contribution in [0, 0.1) is 23.2 Å². The number of esters is 1. The third-order valence-corrected chi connectivity index (χ3v) is 8.08. The van der Waals surface area contributed by atoms with Crippen molar-refractivity contribution in [2.75, 3.05) is 7.11 Å². The van der Waals surface area contributed by atoms with Crippen molar-refractivity contribution in [3.05, 3.63) is 64.7 Å². The molecule has 2 aromatic rings. The highest BCUT2D eigenvalue weighted by atomic mass is 16.6. The molecule has 168 valence electrons. The molecule has 0 amide bonds. The quantitative estimate of drug-likeness (QED) is 0.279. The van der Waals surface area contributed by atoms with Crippen LogP contribution in [0.2, 0.25) is 0 Å². The van der Waals surface area contributed by atoms with Gasteiger partial charge in [0.15, 0.2) is 23.1 Å². The van der Waals surface area contributed by atoms with E-state index in [4.69, 9.17) is 9.47 Å². The molecule has 0 aliphatic heterocycles. The first-order chi connectivity index (χ1) is 16.0. The molecule has 5 heteroatoms. The summed E-state index contributed by atoms with van der Waals surface area (Å²) in [5.74, 6) is 2.09. The van der Waals surface area contributed by atoms with E-state index < -0.39 is 0 Å². The molecule has 0 heterocycles. The molecule has 7 rings (SSSR count). The first-order valence-electron chi connectivity index (χ1n) is 11.8. The summed E-state index contributed by atoms with van der Waals surface area (Å²) >= 11 is 0. The molecular formula is C28H26O5. The summed E-state index contributed by atoms with van der Waals surface area (Å²) in [5.41, 5.74) is 1.29. The van der Waals surface area contributed by atoms with Gasteiger partial charge < -0.3 is 9.47 Å². The Balaban J connectivity index is 1.26. The maximum atomic E-state index is 13.3. The second-order valence-electron chi connectivity index (χ2n) is 10.3. The Hall–Kier alpha value is -3.21. The van der Waals surface area contributed by atoms with E-state index in [9.17, 15) is 14.4 Å². The molecule has 0 unspecified atom stereocenters. The molecule has 33 heavy (non-hydrogen) atoms. The summed E-state index contributed by atoms with van der Waals surface area (Å²) in [6.45, 7) is 0. The maximum absolute atomic E-state index is 13.3. The highest BCUT2D eigenvalue weighted by Crippen LogP contribution is 2.60. The Morgan fingerprint density at radius 3 is 2.00 bits per heavy atom. The van der Waals surface area contributed by atoms with Crippen molar-refractivity contribution in [2.24, 2.45) is 23.2 Å². The Labute approximate surface area is 192 Å². The molecule has 5 nitrogen and oxygen atoms in total. The van der Waals surface area contributed by atoms with E-state index in [1.165, 1.54) is 26.4 Å². The summed E-state index contributed by atoms with van der Waals surface area (Å²) in [6.07, 6.45) is 8.19. The monoisotopic (exact) mass is 442 g/mol. The third kappa shape index (κ3) is 3.25. The fourth-order valence-electron chi connectivity index (χ4n) is 7.00. The smallest absolute Gasteiger partial charge is 0.317 e. The minimum absolute atomic E-state index is 0.136. The van der Waals surface area contributed by atoms with E-state index >= 15 is 0 Å². The predicted octanol–water partition coefficient (Wildman–Crippen LogP) is 5.28. The zero-order valence-electron chi connectivity index (χ0n) is 18.6. The van der Waals surface area contributed by atoms with Crippen LogP contribution in [0.25, 0.3) is 6.08 Å². The van der Waals surface area contributed by atoms with Crippen LogP contribution in [0.5, 0.6) is 11.5 Å². The van der Waals surface area contributed by atoms with Gasteiger partial charge in [-0.3, -0.25) is 14.4 Å². The Kier molecular flexibility index (Phi) is 4.58. The van der Waals surface area contributed by atoms with Crippen molar-refractivity contribution >= 4 is 23.6 Å². The zero-order chi connectivity index (χ0) is 22.7. The summed E-state index contributed by atoms with van der Waals surface area (Å²) in [7, 11) is 1.52. The van der Waals surface area contributed by atoms with Crippen LogP contribution in [0.1, 0.15) is 64.8 Å². The maximum Gasteiger partial charge on any atom is 0.317 e. The molecule has 5 aliphatic rings. The topological polar surface area (TPSA) is 69.7 Å². The van der Waals surface area contributed by atoms with Crippen molar-refractivity contribution in [3.63, 3.8) is 0 Å². The third-order valence-electron chi connectivity index (χ3n) is 8.08. The Morgan fingerprint density at radius 1 is 0.879 bits per heavy atom. The standard InChI is InChI=1S/C28H26O5/c1-32-24-12-16(11-22-25(29)20-4-2-3-5-21(20)26(22)30)6-7-23(24)33-27(31)28-13-17-8-18(14-28)10-19(9-17)15-28/h2-7,11-12,17-19H,8-10,13-15H2,1H3. The lowest BCUT2D eigenvalue weighted by Gasteiger charge is -2.55. The fourth-order valence-corrected chi connectivity index (χ4v) is 7.00. The van der Waals surface area contributed by atoms with Gasteiger partial charge in [-0.2, -0.15) is 0 Å². The van der Waals surface area contributed by atoms with Gasteiger partial charge in [-0.05, 0) is 80.1 Å². The van der Waals surface area contributed by atoms with Gasteiger partial charge >= 0.3 is 5.97 Å². The van der Waals surface area contributed by atoms with E-state index in [0.29, 0.717) is 45.9 Å². The van der Waals surface area contributed by atoms with Crippen LogP contribution in [-0.2, 0) is 4.79 Å². The lowest BCUT2D eigenvalue weighted by atomic mass is 9.49. The van der Waals surface area contributed by atoms with Crippen LogP contribution < -0.4 is 9.47 Å². The molecule has 4 bridgehead atoms. The van der Waals surface area contributed by atoms with Crippen molar-refractivity contribution in [1.82, 2.24) is 0 Å². The largest absolute Gasteiger partial charge is 0.493 e. The number of methoxy groups -OCH3 is 1. The number of benzene rings is 2. The minimum atomic E-state index is -0.352. The van der Waals surface area contributed by atoms with E-state index in [1.54, 1.807) is 48.5 Å². The number of Topliss-reactive ketones (excluding diaryl/α,β-unsaturated/α-hetero) is 2. The lowest BCUT2D eigenvalue weighted by molar-refractivity contribution is -0.161. The fraction of sp³-hybridized carbons (Fsp3) is 0.393. The zero-order valence-corrected chi connectivity index (χ0v) is 18.6. The predicted molar refractivity (Wildman–Crippen MR) is 122 cm³/mol. The highest BCUT2D eigenvalue weighted by Gasteiger charge is 2.55. The van der Waals surface area contributed by atoms with Gasteiger partial charge in [-0.15, -0.1) is 0 Å². The molecule has 0 aromatic heterocycles. The van der Waals surface area contributed by atoms with Crippen LogP contribution >= 0.6 is 0 Å². The molecule has 4 fully saturated rings. The van der Waals surface area contributed by atoms with Gasteiger partial charge in [0, 0.05) is 11.1 Å². The molecule has 2 aromatic carbocycles. The molecule has 4 saturated carbocycles. The van der Waals surface area contributed by atoms with Gasteiger partial charge in [0.2, 0.25) is 0 Å². The molecule has 0 radical (unpaired) electrons. The number of allylic oxidation sites excluding steroid dienone is 1. The van der Waals surface area contributed by atoms with Crippen molar-refractivity contribution in [2.45, 2.75) is 38.5 Å². The van der Waals surface area contributed by atoms with E-state index in [-0.39, 0.29) is 28.5 Å². The number of hydrogen-bond donors (Lipinski definition) is 0. The van der Waals surface area contributed by atoms with Crippen LogP contribution in [0.4, 0.5) is 0 Å². The second kappa shape index (κ2) is 7.41. The number of ketones is 2. The van der Waals surface area contributed by atoms with Gasteiger partial charge in [0.05, 0.1) is 18.1 Å². The molecule has 0 N–H and O–H groups in total. The van der Waals surface area contributed by atoms with E-state index in [1.807, 2.05) is 0 Å². The summed E-state index contributed by atoms with van der Waals surface area (Å²) in [5, 5.41) is 0. The van der Waals surface area contributed by atoms with Gasteiger partial charge in [0.1, 0.15) is 0 Å². The first-order valence-corrected chi connectivity index (χ1v) is 11.8. The average molecular weight is 443 g/mol. The molecular weight excluding hydrogens is 416 g/mol. The highest BCUT2D eigenvalue weighted by molar-refractivity contribution is 6.41. The van der Waals surface area contributed by atoms with Gasteiger partial charge in [-0.1, -0.05) is 30.3 Å². The van der Waals surface area contributed by atoms with Gasteiger partial charge in [0.25, 0.3) is 0 Å². The van der Waals surface area contributed by atoms with E-state index in [2.05, 4.69) is 0 Å². The SMILES string of the molecule is COc1cc(C=C2C(=O)c3ccccc3C2=O)ccc1OC(=O)C12CC3CC(CC(C3)C1)C2. The molecule has 0 saturated heterocycles. The molecule has 0 atom stereocenters. The lowest BCUT2D eigenvalue weighted by Crippen LogP contribution is -2.51. The summed E-state index contributed by atoms with van der Waals surface area (Å²) < 4.78 is 11.4. The Morgan fingerprint density at radius 2 is 1.45 bits per heavy atom. The van der Waals surface area contributed by atoms with E-state index in [0.717, 1.165) is 19.3 Å². The Bertz CT molecular complexity index is 1150. The number of fused-ring (bicyclic) bond motifs is 1. The van der Waals surface area contributed by atoms with Crippen LogP contribution in [0.15, 0.2) is 48.0 Å². The number of hydrogen-bond acceptors (Lipinski definition) is 5. The van der Waals surface area contributed by atoms with Crippen molar-refractivity contribution in [1.29, 1.82) is 0 Å². The van der Waals surface area contributed by atoms with Crippen molar-refractivity contribution in [3.8, 4) is 11.5 Å². The average Bonchev–Trinajstić information content (AvgIpc) is 3.04. The number of ether oxygens (including phenoxy) is 2. The summed E-state index contributed by atoms with van der Waals surface area (Å²) in [4.78, 5) is 38.7.